The van der Waals surface area contributed by atoms with Crippen molar-refractivity contribution in [2.75, 3.05) is 6.23 Å². The van der Waals surface area contributed by atoms with Gasteiger partial charge in [0.2, 0.25) is 0 Å². The summed E-state index contributed by atoms with van der Waals surface area (Å²) in [4.78, 5) is 0. The van der Waals surface area contributed by atoms with E-state index in [4.69, 9.17) is 44.4 Å². The highest BCUT2D eigenvalue weighted by molar-refractivity contribution is 6.94. The average Bonchev–Trinajstić information content (AvgIpc) is 3.25. The van der Waals surface area contributed by atoms with E-state index in [0.29, 0.717) is 18.3 Å². The summed E-state index contributed by atoms with van der Waals surface area (Å²) >= 11 is 0. The number of hydrogen-bond acceptors (Lipinski definition) is 9. The first-order chi connectivity index (χ1) is 34.9. The zero-order chi connectivity index (χ0) is 57.1. The maximum absolute atomic E-state index is 7.65. The Morgan fingerprint density at radius 2 is 0.853 bits per heavy atom. The second kappa shape index (κ2) is 36.8. The summed E-state index contributed by atoms with van der Waals surface area (Å²) in [5.74, 6) is 46.1. The van der Waals surface area contributed by atoms with E-state index in [1.165, 1.54) is 44.9 Å². The molecule has 0 aliphatic heterocycles. The van der Waals surface area contributed by atoms with Gasteiger partial charge in [0.1, 0.15) is 6.11 Å². The highest BCUT2D eigenvalue weighted by atomic mass is 28.5. The van der Waals surface area contributed by atoms with E-state index >= 15 is 0 Å². The summed E-state index contributed by atoms with van der Waals surface area (Å²) in [5.41, 5.74) is 3.07. The van der Waals surface area contributed by atoms with E-state index in [0.717, 1.165) is 25.3 Å². The molecule has 0 N–H and O–H groups in total. The number of hydrogen-bond donors (Lipinski definition) is 0. The highest BCUT2D eigenvalue weighted by Gasteiger charge is 2.57. The molecule has 406 valence electrons. The van der Waals surface area contributed by atoms with Gasteiger partial charge >= 0.3 is 43.0 Å². The molecule has 19 heteroatoms. The second-order valence-corrected chi connectivity index (χ2v) is 57.9. The lowest BCUT2D eigenvalue weighted by atomic mass is 10.1. The fourth-order valence-electron chi connectivity index (χ4n) is 7.60. The normalized spacial score (nSPS) is 14.1. The first kappa shape index (κ1) is 71.8. The monoisotopic (exact) mass is 1180 g/mol. The minimum atomic E-state index is -3.77. The average molecular weight is 1190 g/mol. The van der Waals surface area contributed by atoms with Crippen LogP contribution in [-0.2, 0) is 38.0 Å². The first-order valence-electron chi connectivity index (χ1n) is 26.0. The Morgan fingerprint density at radius 1 is 0.453 bits per heavy atom. The Hall–Kier alpha value is -3.23. The van der Waals surface area contributed by atoms with Gasteiger partial charge in [0.05, 0.1) is 8.80 Å². The minimum Gasteiger partial charge on any atom is -0.437 e. The van der Waals surface area contributed by atoms with E-state index in [1.54, 1.807) is 0 Å². The Morgan fingerprint density at radius 3 is 1.24 bits per heavy atom. The summed E-state index contributed by atoms with van der Waals surface area (Å²) in [6.07, 6.45) is 20.6. The summed E-state index contributed by atoms with van der Waals surface area (Å²) in [6.45, 7) is 45.5. The molecule has 0 amide bonds. The Balaban J connectivity index is 7.50. The lowest BCUT2D eigenvalue weighted by Crippen LogP contribution is -2.63. The summed E-state index contributed by atoms with van der Waals surface area (Å²) in [6, 6.07) is 1.82. The molecular weight excluding hydrogens is 1100 g/mol. The molecule has 0 rings (SSSR count). The number of terminal acetylenes is 1. The molecule has 0 aliphatic carbocycles. The molecule has 0 aromatic carbocycles. The van der Waals surface area contributed by atoms with Crippen LogP contribution in [0.2, 0.25) is 136 Å². The third-order valence-electron chi connectivity index (χ3n) is 9.48. The van der Waals surface area contributed by atoms with E-state index in [9.17, 15) is 0 Å². The number of ether oxygens (including phenoxy) is 1. The molecule has 9 nitrogen and oxygen atoms in total. The van der Waals surface area contributed by atoms with Gasteiger partial charge in [-0.3, -0.25) is 0 Å². The van der Waals surface area contributed by atoms with E-state index in [2.05, 4.69) is 243 Å². The fraction of sp³-hybridized carbons (Fsp3) is 0.589. The van der Waals surface area contributed by atoms with E-state index in [1.807, 2.05) is 6.55 Å². The second-order valence-electron chi connectivity index (χ2n) is 22.2. The largest absolute Gasteiger partial charge is 0.479 e. The van der Waals surface area contributed by atoms with Crippen LogP contribution in [0.4, 0.5) is 0 Å². The van der Waals surface area contributed by atoms with Gasteiger partial charge in [0.25, 0.3) is 0 Å². The Labute approximate surface area is 470 Å². The first-order valence-corrected chi connectivity index (χ1v) is 53.5. The summed E-state index contributed by atoms with van der Waals surface area (Å²) < 4.78 is 63.9. The van der Waals surface area contributed by atoms with Crippen LogP contribution < -0.4 is 0 Å². The van der Waals surface area contributed by atoms with Crippen molar-refractivity contribution < 1.29 is 38.0 Å². The van der Waals surface area contributed by atoms with Crippen LogP contribution in [-0.4, -0.2) is 92.1 Å². The predicted molar refractivity (Wildman–Crippen MR) is 335 cm³/mol. The van der Waals surface area contributed by atoms with E-state index in [-0.39, 0.29) is 5.38 Å². The van der Waals surface area contributed by atoms with Crippen molar-refractivity contribution in [2.24, 2.45) is 0 Å². The lowest BCUT2D eigenvalue weighted by Gasteiger charge is -2.46. The third kappa shape index (κ3) is 38.9. The number of unbranched alkanes of at least 4 members (excludes halogenated alkanes) is 9. The van der Waals surface area contributed by atoms with Crippen molar-refractivity contribution in [1.29, 1.82) is 0 Å². The van der Waals surface area contributed by atoms with Crippen LogP contribution in [0.25, 0.3) is 0 Å². The van der Waals surface area contributed by atoms with Crippen LogP contribution in [0.5, 0.6) is 0 Å². The standard InChI is InChI=1S/C56H88O9Si10/c1-22-25-27-29-31-33-35-36-37-38-39-40-41-42-43-45-47-49-51-57-56(24-3)74(21,64-72(19,63-71(17,18)60-68(8,9)10)52-50-48-46-44-34-32-30-28-26-23-2)65-73(20,61-69(11,12)13)53-54-75(59-67(6)7,58-55-66(4)5)62-70(14,15)16/h1H,3,23,26,28,30,32,34,44,46,48,50,52-55H2,2,4-21H3. The molecule has 0 aromatic rings. The summed E-state index contributed by atoms with van der Waals surface area (Å²) in [5, 5.41) is 0.267. The van der Waals surface area contributed by atoms with Crippen LogP contribution in [0, 0.1) is 119 Å². The summed E-state index contributed by atoms with van der Waals surface area (Å²) in [7, 11) is -24.6. The third-order valence-corrected chi connectivity index (χ3v) is 41.4. The predicted octanol–water partition coefficient (Wildman–Crippen LogP) is 12.8. The quantitative estimate of drug-likeness (QED) is 0.0210. The SMILES string of the molecule is C#CC#CC#CC#CC#CC#CC#CC#CC#CC#COC(=C=C)[Si](C)(O[Si](C)(CC[Si](OC[Si](C)C)(O[Si](C)C)O[Si](C)(C)C)O[Si](C)(C)C)O[Si](C)(CCCCCCCCCCCC)O[Si](C)(C)O[Si](C)(C)C. The molecule has 75 heavy (non-hydrogen) atoms. The van der Waals surface area contributed by atoms with Crippen LogP contribution in [0.1, 0.15) is 71.1 Å². The molecule has 2 radical (unpaired) electrons. The number of rotatable bonds is 33. The van der Waals surface area contributed by atoms with Crippen molar-refractivity contribution in [2.45, 2.75) is 207 Å². The van der Waals surface area contributed by atoms with Gasteiger partial charge in [-0.1, -0.05) is 96.5 Å². The fourth-order valence-corrected chi connectivity index (χ4v) is 48.7. The molecule has 0 aromatic heterocycles. The Kier molecular flexibility index (Phi) is 35.2. The van der Waals surface area contributed by atoms with Crippen molar-refractivity contribution in [1.82, 2.24) is 0 Å². The van der Waals surface area contributed by atoms with Crippen molar-refractivity contribution in [3.05, 3.63) is 17.7 Å². The van der Waals surface area contributed by atoms with Crippen LogP contribution in [0.15, 0.2) is 17.7 Å². The molecular formula is C56H88O9Si10. The molecule has 0 saturated carbocycles. The molecule has 0 aliphatic rings. The van der Waals surface area contributed by atoms with Gasteiger partial charge in [-0.05, 0) is 164 Å². The van der Waals surface area contributed by atoms with Gasteiger partial charge in [0, 0.05) is 71.5 Å². The van der Waals surface area contributed by atoms with Gasteiger partial charge in [-0.15, -0.1) is 6.42 Å². The molecule has 4 unspecified atom stereocenters. The zero-order valence-corrected chi connectivity index (χ0v) is 59.4. The maximum Gasteiger partial charge on any atom is 0.479 e. The topological polar surface area (TPSA) is 83.1 Å². The van der Waals surface area contributed by atoms with Crippen LogP contribution >= 0.6 is 0 Å². The molecule has 0 heterocycles. The Bertz CT molecular complexity index is 2500. The van der Waals surface area contributed by atoms with Crippen molar-refractivity contribution >= 4 is 85.8 Å². The van der Waals surface area contributed by atoms with Crippen LogP contribution in [0.3, 0.4) is 0 Å². The van der Waals surface area contributed by atoms with Gasteiger partial charge in [-0.2, -0.15) is 0 Å². The highest BCUT2D eigenvalue weighted by Crippen LogP contribution is 2.37. The molecule has 0 saturated heterocycles. The minimum absolute atomic E-state index is 0.267. The molecule has 4 atom stereocenters. The molecule has 0 bridgehead atoms. The maximum atomic E-state index is 7.65. The van der Waals surface area contributed by atoms with Crippen molar-refractivity contribution in [3.63, 3.8) is 0 Å². The molecule has 0 spiro atoms. The van der Waals surface area contributed by atoms with Gasteiger partial charge < -0.3 is 38.0 Å². The van der Waals surface area contributed by atoms with Gasteiger partial charge in [0.15, 0.2) is 39.4 Å². The van der Waals surface area contributed by atoms with E-state index < -0.39 is 85.8 Å². The van der Waals surface area contributed by atoms with Gasteiger partial charge in [-0.25, -0.2) is 0 Å². The smallest absolute Gasteiger partial charge is 0.437 e. The van der Waals surface area contributed by atoms with Crippen molar-refractivity contribution in [3.8, 4) is 119 Å². The molecule has 0 fully saturated rings. The lowest BCUT2D eigenvalue weighted by molar-refractivity contribution is 0.189. The zero-order valence-electron chi connectivity index (χ0n) is 49.4.